The van der Waals surface area contributed by atoms with Crippen molar-refractivity contribution in [2.75, 3.05) is 11.4 Å². The lowest BCUT2D eigenvalue weighted by Crippen LogP contribution is -2.27. The summed E-state index contributed by atoms with van der Waals surface area (Å²) < 4.78 is 5.32. The van der Waals surface area contributed by atoms with Crippen LogP contribution in [0.15, 0.2) is 48.5 Å². The predicted molar refractivity (Wildman–Crippen MR) is 89.1 cm³/mol. The van der Waals surface area contributed by atoms with E-state index in [0.717, 1.165) is 17.5 Å². The summed E-state index contributed by atoms with van der Waals surface area (Å²) in [6.07, 6.45) is 0.861. The summed E-state index contributed by atoms with van der Waals surface area (Å²) in [5, 5.41) is 0. The van der Waals surface area contributed by atoms with Crippen molar-refractivity contribution >= 4 is 23.9 Å². The molecule has 0 unspecified atom stereocenters. The van der Waals surface area contributed by atoms with Gasteiger partial charge >= 0.3 is 5.97 Å². The van der Waals surface area contributed by atoms with Gasteiger partial charge in [-0.1, -0.05) is 17.7 Å². The van der Waals surface area contributed by atoms with Crippen LogP contribution in [0.1, 0.15) is 22.3 Å². The minimum absolute atomic E-state index is 0.0860. The molecule has 1 amide bonds. The van der Waals surface area contributed by atoms with Crippen molar-refractivity contribution in [2.45, 2.75) is 13.3 Å². The molecule has 3 rings (SSSR count). The maximum absolute atomic E-state index is 12.3. The summed E-state index contributed by atoms with van der Waals surface area (Å²) in [4.78, 5) is 36.7. The van der Waals surface area contributed by atoms with Crippen LogP contribution in [0.3, 0.4) is 0 Å². The number of ether oxygens (including phenoxy) is 1. The maximum atomic E-state index is 12.3. The van der Waals surface area contributed by atoms with Gasteiger partial charge in [-0.15, -0.1) is 0 Å². The average Bonchev–Trinajstić information content (AvgIpc) is 2.98. The fourth-order valence-corrected chi connectivity index (χ4v) is 2.65. The molecule has 24 heavy (non-hydrogen) atoms. The minimum atomic E-state index is -0.496. The minimum Gasteiger partial charge on any atom is -0.426 e. The summed E-state index contributed by atoms with van der Waals surface area (Å²) in [7, 11) is 0. The van der Waals surface area contributed by atoms with E-state index >= 15 is 0 Å². The molecule has 1 atom stereocenters. The van der Waals surface area contributed by atoms with E-state index in [1.54, 1.807) is 29.2 Å². The fraction of sp³-hybridized carbons (Fsp3) is 0.211. The van der Waals surface area contributed by atoms with E-state index in [-0.39, 0.29) is 12.3 Å². The molecule has 5 heteroatoms. The Morgan fingerprint density at radius 1 is 1.12 bits per heavy atom. The van der Waals surface area contributed by atoms with Crippen LogP contribution in [-0.2, 0) is 9.59 Å². The van der Waals surface area contributed by atoms with E-state index in [1.807, 2.05) is 31.2 Å². The highest BCUT2D eigenvalue weighted by Crippen LogP contribution is 2.26. The van der Waals surface area contributed by atoms with Crippen LogP contribution >= 0.6 is 0 Å². The second-order valence-electron chi connectivity index (χ2n) is 5.85. The SMILES string of the molecule is Cc1ccc(N2C[C@@H](C(=O)Oc3ccc(C=O)cc3)CC2=O)cc1. The molecule has 5 nitrogen and oxygen atoms in total. The second-order valence-corrected chi connectivity index (χ2v) is 5.85. The lowest BCUT2D eigenvalue weighted by molar-refractivity contribution is -0.139. The number of hydrogen-bond acceptors (Lipinski definition) is 4. The molecule has 1 heterocycles. The number of aldehydes is 1. The van der Waals surface area contributed by atoms with E-state index in [1.165, 1.54) is 0 Å². The highest BCUT2D eigenvalue weighted by Gasteiger charge is 2.36. The molecule has 0 saturated carbocycles. The van der Waals surface area contributed by atoms with E-state index in [0.29, 0.717) is 17.9 Å². The number of anilines is 1. The third-order valence-electron chi connectivity index (χ3n) is 4.04. The molecule has 0 radical (unpaired) electrons. The van der Waals surface area contributed by atoms with Crippen molar-refractivity contribution in [1.82, 2.24) is 0 Å². The summed E-state index contributed by atoms with van der Waals surface area (Å²) in [5.74, 6) is -0.648. The number of benzene rings is 2. The van der Waals surface area contributed by atoms with Crippen LogP contribution in [-0.4, -0.2) is 24.7 Å². The zero-order valence-corrected chi connectivity index (χ0v) is 13.3. The molecule has 2 aromatic rings. The van der Waals surface area contributed by atoms with Crippen LogP contribution in [0.2, 0.25) is 0 Å². The van der Waals surface area contributed by atoms with Gasteiger partial charge in [-0.3, -0.25) is 14.4 Å². The third kappa shape index (κ3) is 3.35. The van der Waals surface area contributed by atoms with E-state index in [9.17, 15) is 14.4 Å². The lowest BCUT2D eigenvalue weighted by atomic mass is 10.1. The van der Waals surface area contributed by atoms with E-state index in [4.69, 9.17) is 4.74 Å². The zero-order valence-electron chi connectivity index (χ0n) is 13.3. The number of carbonyl (C=O) groups is 3. The van der Waals surface area contributed by atoms with Gasteiger partial charge in [0.15, 0.2) is 0 Å². The molecule has 0 spiro atoms. The molecule has 1 aliphatic heterocycles. The molecule has 1 fully saturated rings. The predicted octanol–water partition coefficient (Wildman–Crippen LogP) is 2.77. The molecule has 0 N–H and O–H groups in total. The van der Waals surface area contributed by atoms with Crippen LogP contribution in [0.5, 0.6) is 5.75 Å². The van der Waals surface area contributed by atoms with Crippen molar-refractivity contribution in [3.05, 3.63) is 59.7 Å². The highest BCUT2D eigenvalue weighted by atomic mass is 16.5. The van der Waals surface area contributed by atoms with Crippen molar-refractivity contribution in [1.29, 1.82) is 0 Å². The van der Waals surface area contributed by atoms with Gasteiger partial charge in [-0.25, -0.2) is 0 Å². The Kier molecular flexibility index (Phi) is 4.42. The number of hydrogen-bond donors (Lipinski definition) is 0. The quantitative estimate of drug-likeness (QED) is 0.493. The number of aryl methyl sites for hydroxylation is 1. The molecular formula is C19H17NO4. The first-order valence-corrected chi connectivity index (χ1v) is 7.71. The molecular weight excluding hydrogens is 306 g/mol. The monoisotopic (exact) mass is 323 g/mol. The van der Waals surface area contributed by atoms with Gasteiger partial charge in [-0.05, 0) is 43.3 Å². The van der Waals surface area contributed by atoms with Gasteiger partial charge < -0.3 is 9.64 Å². The fourth-order valence-electron chi connectivity index (χ4n) is 2.65. The summed E-state index contributed by atoms with van der Waals surface area (Å²) in [6.45, 7) is 2.29. The third-order valence-corrected chi connectivity index (χ3v) is 4.04. The second kappa shape index (κ2) is 6.66. The lowest BCUT2D eigenvalue weighted by Gasteiger charge is -2.16. The first-order chi connectivity index (χ1) is 11.6. The Bertz CT molecular complexity index is 765. The summed E-state index contributed by atoms with van der Waals surface area (Å²) >= 11 is 0. The Labute approximate surface area is 139 Å². The van der Waals surface area contributed by atoms with Crippen LogP contribution in [0.25, 0.3) is 0 Å². The molecule has 0 bridgehead atoms. The Hall–Kier alpha value is -2.95. The number of amides is 1. The molecule has 1 saturated heterocycles. The molecule has 1 aliphatic rings. The first kappa shape index (κ1) is 15.9. The van der Waals surface area contributed by atoms with Crippen LogP contribution < -0.4 is 9.64 Å². The smallest absolute Gasteiger partial charge is 0.316 e. The Morgan fingerprint density at radius 2 is 1.79 bits per heavy atom. The van der Waals surface area contributed by atoms with Crippen molar-refractivity contribution in [3.8, 4) is 5.75 Å². The van der Waals surface area contributed by atoms with Gasteiger partial charge in [0.1, 0.15) is 12.0 Å². The number of carbonyl (C=O) groups excluding carboxylic acids is 3. The van der Waals surface area contributed by atoms with Crippen molar-refractivity contribution < 1.29 is 19.1 Å². The Morgan fingerprint density at radius 3 is 2.42 bits per heavy atom. The molecule has 2 aromatic carbocycles. The Balaban J connectivity index is 1.67. The van der Waals surface area contributed by atoms with E-state index in [2.05, 4.69) is 0 Å². The van der Waals surface area contributed by atoms with Crippen LogP contribution in [0.4, 0.5) is 5.69 Å². The van der Waals surface area contributed by atoms with E-state index < -0.39 is 11.9 Å². The summed E-state index contributed by atoms with van der Waals surface area (Å²) in [6, 6.07) is 13.9. The maximum Gasteiger partial charge on any atom is 0.316 e. The standard InChI is InChI=1S/C19H17NO4/c1-13-2-6-16(7-3-13)20-11-15(10-18(20)22)19(23)24-17-8-4-14(12-21)5-9-17/h2-9,12,15H,10-11H2,1H3/t15-/m0/s1. The molecule has 0 aromatic heterocycles. The molecule has 0 aliphatic carbocycles. The van der Waals surface area contributed by atoms with Gasteiger partial charge in [-0.2, -0.15) is 0 Å². The normalized spacial score (nSPS) is 17.0. The number of rotatable bonds is 4. The van der Waals surface area contributed by atoms with Gasteiger partial charge in [0.25, 0.3) is 0 Å². The molecule has 122 valence electrons. The first-order valence-electron chi connectivity index (χ1n) is 7.71. The largest absolute Gasteiger partial charge is 0.426 e. The number of nitrogens with zero attached hydrogens (tertiary/aromatic N) is 1. The highest BCUT2D eigenvalue weighted by molar-refractivity contribution is 5.99. The topological polar surface area (TPSA) is 63.7 Å². The van der Waals surface area contributed by atoms with Gasteiger partial charge in [0.2, 0.25) is 5.91 Å². The van der Waals surface area contributed by atoms with Crippen molar-refractivity contribution in [3.63, 3.8) is 0 Å². The van der Waals surface area contributed by atoms with Gasteiger partial charge in [0, 0.05) is 24.2 Å². The summed E-state index contributed by atoms with van der Waals surface area (Å²) in [5.41, 5.74) is 2.41. The van der Waals surface area contributed by atoms with Crippen LogP contribution in [0, 0.1) is 12.8 Å². The average molecular weight is 323 g/mol. The number of esters is 1. The van der Waals surface area contributed by atoms with Crippen molar-refractivity contribution in [2.24, 2.45) is 5.92 Å². The zero-order chi connectivity index (χ0) is 17.1. The van der Waals surface area contributed by atoms with Gasteiger partial charge in [0.05, 0.1) is 5.92 Å².